The third-order valence-electron chi connectivity index (χ3n) is 5.18. The fourth-order valence-corrected chi connectivity index (χ4v) is 3.48. The lowest BCUT2D eigenvalue weighted by Crippen LogP contribution is -2.29. The maximum atomic E-state index is 11.7. The van der Waals surface area contributed by atoms with E-state index in [9.17, 15) is 19.8 Å². The topological polar surface area (TPSA) is 182 Å². The average molecular weight is 504 g/mol. The zero-order valence-electron chi connectivity index (χ0n) is 19.6. The van der Waals surface area contributed by atoms with Crippen LogP contribution in [0.25, 0.3) is 10.8 Å². The van der Waals surface area contributed by atoms with Crippen molar-refractivity contribution in [3.63, 3.8) is 0 Å². The Balaban J connectivity index is 1.53. The molecule has 0 saturated carbocycles. The first-order valence-corrected chi connectivity index (χ1v) is 11.4. The molecule has 0 unspecified atom stereocenters. The van der Waals surface area contributed by atoms with Crippen molar-refractivity contribution >= 4 is 51.9 Å². The summed E-state index contributed by atoms with van der Waals surface area (Å²) in [6.45, 7) is 0.501. The highest BCUT2D eigenvalue weighted by atomic mass is 16.4. The van der Waals surface area contributed by atoms with Crippen LogP contribution in [-0.2, 0) is 9.59 Å². The molecule has 0 radical (unpaired) electrons. The molecule has 1 amide bonds. The Morgan fingerprint density at radius 3 is 2.24 bits per heavy atom. The molecule has 0 atom stereocenters. The molecule has 3 aromatic carbocycles. The van der Waals surface area contributed by atoms with Gasteiger partial charge in [0, 0.05) is 47.7 Å². The standard InChI is InChI=1S/C25H25N7O5/c33-16-5-3-4-15(14-16)28-24-30-23(27-13-12-26-21(35)10-11-22(36)37)31-25(32-24)29-19-8-9-20(34)18-7-2-1-6-17(18)19/h1-9,14,33-34H,10-13H2,(H,26,35)(H,36,37)(H3,27,28,29,30,31,32). The SMILES string of the molecule is O=C(O)CCC(=O)NCCNc1nc(Nc2cccc(O)c2)nc(Nc2ccc(O)c3ccccc23)n1. The van der Waals surface area contributed by atoms with Crippen LogP contribution in [0.1, 0.15) is 12.8 Å². The number of carbonyl (C=O) groups excluding carboxylic acids is 1. The Morgan fingerprint density at radius 1 is 0.757 bits per heavy atom. The Morgan fingerprint density at radius 2 is 1.49 bits per heavy atom. The number of amides is 1. The molecule has 4 rings (SSSR count). The number of aliphatic carboxylic acids is 1. The molecule has 0 saturated heterocycles. The predicted molar refractivity (Wildman–Crippen MR) is 138 cm³/mol. The quantitative estimate of drug-likeness (QED) is 0.118. The number of carboxylic acid groups (broad SMARTS) is 1. The molecule has 0 bridgehead atoms. The van der Waals surface area contributed by atoms with E-state index in [1.807, 2.05) is 18.2 Å². The van der Waals surface area contributed by atoms with E-state index in [0.29, 0.717) is 16.8 Å². The van der Waals surface area contributed by atoms with E-state index in [2.05, 4.69) is 36.2 Å². The minimum absolute atomic E-state index is 0.0740. The lowest BCUT2D eigenvalue weighted by Gasteiger charge is -2.13. The highest BCUT2D eigenvalue weighted by Crippen LogP contribution is 2.32. The van der Waals surface area contributed by atoms with Gasteiger partial charge >= 0.3 is 5.97 Å². The maximum absolute atomic E-state index is 11.7. The van der Waals surface area contributed by atoms with Gasteiger partial charge in [-0.25, -0.2) is 0 Å². The van der Waals surface area contributed by atoms with Crippen LogP contribution in [0.5, 0.6) is 11.5 Å². The number of benzene rings is 3. The van der Waals surface area contributed by atoms with Crippen LogP contribution in [0, 0.1) is 0 Å². The predicted octanol–water partition coefficient (Wildman–Crippen LogP) is 3.32. The van der Waals surface area contributed by atoms with E-state index < -0.39 is 5.97 Å². The maximum Gasteiger partial charge on any atom is 0.303 e. The Labute approximate surface area is 211 Å². The number of hydrogen-bond acceptors (Lipinski definition) is 10. The molecule has 0 aliphatic carbocycles. The average Bonchev–Trinajstić information content (AvgIpc) is 2.87. The molecule has 0 aliphatic rings. The normalized spacial score (nSPS) is 10.6. The monoisotopic (exact) mass is 503 g/mol. The number of anilines is 5. The smallest absolute Gasteiger partial charge is 0.303 e. The molecule has 0 fully saturated rings. The van der Waals surface area contributed by atoms with Crippen molar-refractivity contribution in [1.29, 1.82) is 0 Å². The zero-order valence-corrected chi connectivity index (χ0v) is 19.6. The number of phenolic OH excluding ortho intramolecular Hbond substituents is 2. The van der Waals surface area contributed by atoms with Gasteiger partial charge in [-0.3, -0.25) is 9.59 Å². The molecule has 190 valence electrons. The van der Waals surface area contributed by atoms with E-state index in [4.69, 9.17) is 5.11 Å². The number of rotatable bonds is 11. The van der Waals surface area contributed by atoms with Crippen molar-refractivity contribution in [2.24, 2.45) is 0 Å². The van der Waals surface area contributed by atoms with Crippen molar-refractivity contribution in [3.8, 4) is 11.5 Å². The first kappa shape index (κ1) is 25.0. The summed E-state index contributed by atoms with van der Waals surface area (Å²) >= 11 is 0. The van der Waals surface area contributed by atoms with E-state index in [0.717, 1.165) is 5.39 Å². The molecular formula is C25H25N7O5. The van der Waals surface area contributed by atoms with Crippen molar-refractivity contribution in [2.75, 3.05) is 29.0 Å². The number of nitrogens with one attached hydrogen (secondary N) is 4. The third-order valence-corrected chi connectivity index (χ3v) is 5.18. The molecule has 0 aliphatic heterocycles. The second-order valence-corrected chi connectivity index (χ2v) is 7.95. The van der Waals surface area contributed by atoms with Gasteiger partial charge in [-0.05, 0) is 24.3 Å². The largest absolute Gasteiger partial charge is 0.508 e. The van der Waals surface area contributed by atoms with Crippen LogP contribution in [0.15, 0.2) is 60.7 Å². The molecule has 1 aromatic heterocycles. The van der Waals surface area contributed by atoms with Crippen LogP contribution < -0.4 is 21.3 Å². The summed E-state index contributed by atoms with van der Waals surface area (Å²) in [5.74, 6) is -0.566. The van der Waals surface area contributed by atoms with Gasteiger partial charge < -0.3 is 36.6 Å². The van der Waals surface area contributed by atoms with E-state index in [1.54, 1.807) is 36.4 Å². The first-order valence-electron chi connectivity index (χ1n) is 11.4. The molecular weight excluding hydrogens is 478 g/mol. The Hall–Kier alpha value is -5.13. The lowest BCUT2D eigenvalue weighted by molar-refractivity contribution is -0.138. The van der Waals surface area contributed by atoms with Crippen LogP contribution in [-0.4, -0.2) is 55.2 Å². The fraction of sp³-hybridized carbons (Fsp3) is 0.160. The minimum atomic E-state index is -1.04. The number of aromatic nitrogens is 3. The minimum Gasteiger partial charge on any atom is -0.508 e. The van der Waals surface area contributed by atoms with Gasteiger partial charge in [0.25, 0.3) is 0 Å². The summed E-state index contributed by atoms with van der Waals surface area (Å²) in [7, 11) is 0. The highest BCUT2D eigenvalue weighted by molar-refractivity contribution is 5.98. The van der Waals surface area contributed by atoms with Crippen molar-refractivity contribution in [1.82, 2.24) is 20.3 Å². The van der Waals surface area contributed by atoms with Crippen molar-refractivity contribution < 1.29 is 24.9 Å². The van der Waals surface area contributed by atoms with Gasteiger partial charge in [0.15, 0.2) is 0 Å². The van der Waals surface area contributed by atoms with E-state index in [-0.39, 0.29) is 61.2 Å². The van der Waals surface area contributed by atoms with Gasteiger partial charge in [-0.2, -0.15) is 15.0 Å². The number of aromatic hydroxyl groups is 2. The second-order valence-electron chi connectivity index (χ2n) is 7.95. The van der Waals surface area contributed by atoms with E-state index in [1.165, 1.54) is 6.07 Å². The molecule has 4 aromatic rings. The van der Waals surface area contributed by atoms with Gasteiger partial charge in [0.1, 0.15) is 11.5 Å². The Bertz CT molecular complexity index is 1430. The molecule has 0 spiro atoms. The highest BCUT2D eigenvalue weighted by Gasteiger charge is 2.11. The Kier molecular flexibility index (Phi) is 7.79. The molecule has 1 heterocycles. The summed E-state index contributed by atoms with van der Waals surface area (Å²) in [6, 6.07) is 17.1. The van der Waals surface area contributed by atoms with E-state index >= 15 is 0 Å². The molecule has 37 heavy (non-hydrogen) atoms. The first-order chi connectivity index (χ1) is 17.9. The van der Waals surface area contributed by atoms with Crippen molar-refractivity contribution in [2.45, 2.75) is 12.8 Å². The van der Waals surface area contributed by atoms with Crippen molar-refractivity contribution in [3.05, 3.63) is 60.7 Å². The zero-order chi connectivity index (χ0) is 26.2. The van der Waals surface area contributed by atoms with Gasteiger partial charge in [-0.1, -0.05) is 30.3 Å². The summed E-state index contributed by atoms with van der Waals surface area (Å²) in [4.78, 5) is 35.5. The van der Waals surface area contributed by atoms with Crippen LogP contribution >= 0.6 is 0 Å². The summed E-state index contributed by atoms with van der Waals surface area (Å²) in [5, 5.41) is 41.9. The van der Waals surface area contributed by atoms with Gasteiger partial charge in [0.2, 0.25) is 23.8 Å². The van der Waals surface area contributed by atoms with Crippen LogP contribution in [0.2, 0.25) is 0 Å². The summed E-state index contributed by atoms with van der Waals surface area (Å²) in [6.07, 6.45) is -0.342. The molecule has 7 N–H and O–H groups in total. The summed E-state index contributed by atoms with van der Waals surface area (Å²) in [5.41, 5.74) is 1.23. The summed E-state index contributed by atoms with van der Waals surface area (Å²) < 4.78 is 0. The number of carbonyl (C=O) groups is 2. The lowest BCUT2D eigenvalue weighted by atomic mass is 10.1. The number of hydrogen-bond donors (Lipinski definition) is 7. The fourth-order valence-electron chi connectivity index (χ4n) is 3.48. The number of nitrogens with zero attached hydrogens (tertiary/aromatic N) is 3. The van der Waals surface area contributed by atoms with Gasteiger partial charge in [0.05, 0.1) is 6.42 Å². The molecule has 12 nitrogen and oxygen atoms in total. The number of fused-ring (bicyclic) bond motifs is 1. The van der Waals surface area contributed by atoms with Crippen LogP contribution in [0.3, 0.4) is 0 Å². The van der Waals surface area contributed by atoms with Crippen LogP contribution in [0.4, 0.5) is 29.2 Å². The molecule has 12 heteroatoms. The number of carboxylic acids is 1. The number of phenols is 2. The third kappa shape index (κ3) is 6.94. The second kappa shape index (κ2) is 11.5. The van der Waals surface area contributed by atoms with Gasteiger partial charge in [-0.15, -0.1) is 0 Å².